The summed E-state index contributed by atoms with van der Waals surface area (Å²) in [7, 11) is 0. The second kappa shape index (κ2) is 6.02. The van der Waals surface area contributed by atoms with Crippen molar-refractivity contribution in [2.24, 2.45) is 0 Å². The van der Waals surface area contributed by atoms with Gasteiger partial charge >= 0.3 is 0 Å². The van der Waals surface area contributed by atoms with Crippen molar-refractivity contribution >= 4 is 0 Å². The number of rotatable bonds is 5. The summed E-state index contributed by atoms with van der Waals surface area (Å²) in [5.41, 5.74) is 2.12. The lowest BCUT2D eigenvalue weighted by atomic mass is 10.2. The van der Waals surface area contributed by atoms with Crippen molar-refractivity contribution in [3.63, 3.8) is 0 Å². The van der Waals surface area contributed by atoms with Gasteiger partial charge in [-0.25, -0.2) is 0 Å². The second-order valence-corrected chi connectivity index (χ2v) is 4.46. The van der Waals surface area contributed by atoms with Crippen LogP contribution in [0.15, 0.2) is 67.1 Å². The first-order chi connectivity index (χ1) is 9.90. The maximum atomic E-state index is 5.70. The molecule has 0 unspecified atom stereocenters. The average Bonchev–Trinajstić information content (AvgIpc) is 3.01. The van der Waals surface area contributed by atoms with Crippen LogP contribution in [0.3, 0.4) is 0 Å². The van der Waals surface area contributed by atoms with Crippen LogP contribution in [0, 0.1) is 0 Å². The van der Waals surface area contributed by atoms with Crippen molar-refractivity contribution in [3.8, 4) is 5.75 Å². The van der Waals surface area contributed by atoms with Gasteiger partial charge in [0.1, 0.15) is 12.4 Å². The molecule has 4 heteroatoms. The lowest BCUT2D eigenvalue weighted by molar-refractivity contribution is 0.301. The van der Waals surface area contributed by atoms with E-state index >= 15 is 0 Å². The molecule has 1 aromatic carbocycles. The van der Waals surface area contributed by atoms with E-state index < -0.39 is 0 Å². The molecule has 0 bridgehead atoms. The van der Waals surface area contributed by atoms with Crippen LogP contribution >= 0.6 is 0 Å². The van der Waals surface area contributed by atoms with Gasteiger partial charge < -0.3 is 4.74 Å². The molecular formula is C16H15N3O. The third kappa shape index (κ3) is 3.23. The first-order valence-corrected chi connectivity index (χ1v) is 6.49. The van der Waals surface area contributed by atoms with Crippen molar-refractivity contribution in [2.45, 2.75) is 13.2 Å². The van der Waals surface area contributed by atoms with Crippen LogP contribution in [-0.2, 0) is 13.2 Å². The van der Waals surface area contributed by atoms with Crippen LogP contribution in [-0.4, -0.2) is 14.8 Å². The van der Waals surface area contributed by atoms with Gasteiger partial charge in [0.15, 0.2) is 0 Å². The summed E-state index contributed by atoms with van der Waals surface area (Å²) in [4.78, 5) is 4.22. The molecule has 0 saturated heterocycles. The monoisotopic (exact) mass is 265 g/mol. The van der Waals surface area contributed by atoms with Crippen molar-refractivity contribution in [1.29, 1.82) is 0 Å². The lowest BCUT2D eigenvalue weighted by Gasteiger charge is -2.07. The Morgan fingerprint density at radius 2 is 1.85 bits per heavy atom. The van der Waals surface area contributed by atoms with Crippen molar-refractivity contribution in [3.05, 3.63) is 78.4 Å². The molecule has 0 saturated carbocycles. The molecule has 0 aliphatic rings. The predicted molar refractivity (Wildman–Crippen MR) is 76.3 cm³/mol. The molecule has 0 aliphatic carbocycles. The molecule has 100 valence electrons. The van der Waals surface area contributed by atoms with Crippen LogP contribution < -0.4 is 4.74 Å². The normalized spacial score (nSPS) is 10.4. The van der Waals surface area contributed by atoms with Gasteiger partial charge in [-0.1, -0.05) is 18.2 Å². The fourth-order valence-corrected chi connectivity index (χ4v) is 1.91. The first kappa shape index (κ1) is 12.4. The van der Waals surface area contributed by atoms with Crippen LogP contribution in [0.25, 0.3) is 0 Å². The minimum atomic E-state index is 0.485. The van der Waals surface area contributed by atoms with Gasteiger partial charge in [0.2, 0.25) is 0 Å². The Balaban J connectivity index is 1.59. The van der Waals surface area contributed by atoms with Gasteiger partial charge in [0.05, 0.1) is 12.2 Å². The van der Waals surface area contributed by atoms with E-state index in [1.54, 1.807) is 12.4 Å². The number of aromatic nitrogens is 3. The highest BCUT2D eigenvalue weighted by molar-refractivity contribution is 5.27. The average molecular weight is 265 g/mol. The van der Waals surface area contributed by atoms with E-state index in [0.29, 0.717) is 6.61 Å². The van der Waals surface area contributed by atoms with Gasteiger partial charge in [-0.15, -0.1) is 0 Å². The quantitative estimate of drug-likeness (QED) is 0.712. The molecule has 3 aromatic rings. The van der Waals surface area contributed by atoms with Crippen molar-refractivity contribution in [2.75, 3.05) is 0 Å². The zero-order valence-corrected chi connectivity index (χ0v) is 11.0. The minimum Gasteiger partial charge on any atom is -0.487 e. The van der Waals surface area contributed by atoms with Gasteiger partial charge in [-0.2, -0.15) is 5.10 Å². The molecule has 0 aliphatic heterocycles. The summed E-state index contributed by atoms with van der Waals surface area (Å²) in [6.45, 7) is 1.26. The highest BCUT2D eigenvalue weighted by Crippen LogP contribution is 2.14. The molecule has 2 heterocycles. The van der Waals surface area contributed by atoms with E-state index in [9.17, 15) is 0 Å². The fraction of sp³-hybridized carbons (Fsp3) is 0.125. The summed E-state index contributed by atoms with van der Waals surface area (Å²) in [6, 6.07) is 15.8. The second-order valence-electron chi connectivity index (χ2n) is 4.46. The number of benzene rings is 1. The van der Waals surface area contributed by atoms with Gasteiger partial charge in [-0.05, 0) is 35.9 Å². The highest BCUT2D eigenvalue weighted by Gasteiger charge is 1.98. The molecule has 0 atom stereocenters. The Hall–Kier alpha value is -2.62. The summed E-state index contributed by atoms with van der Waals surface area (Å²) >= 11 is 0. The molecular weight excluding hydrogens is 250 g/mol. The smallest absolute Gasteiger partial charge is 0.130 e. The molecule has 0 amide bonds. The third-order valence-corrected chi connectivity index (χ3v) is 2.94. The first-order valence-electron chi connectivity index (χ1n) is 6.49. The number of pyridine rings is 1. The molecule has 0 fully saturated rings. The number of nitrogens with zero attached hydrogens (tertiary/aromatic N) is 3. The van der Waals surface area contributed by atoms with Crippen LogP contribution in [0.5, 0.6) is 5.75 Å². The van der Waals surface area contributed by atoms with E-state index in [2.05, 4.69) is 22.2 Å². The van der Waals surface area contributed by atoms with Crippen molar-refractivity contribution < 1.29 is 4.74 Å². The van der Waals surface area contributed by atoms with Gasteiger partial charge in [0, 0.05) is 18.6 Å². The third-order valence-electron chi connectivity index (χ3n) is 2.94. The Morgan fingerprint density at radius 1 is 0.950 bits per heavy atom. The Morgan fingerprint density at radius 3 is 2.55 bits per heavy atom. The van der Waals surface area contributed by atoms with E-state index in [1.807, 2.05) is 47.3 Å². The molecule has 3 rings (SSSR count). The zero-order chi connectivity index (χ0) is 13.6. The van der Waals surface area contributed by atoms with E-state index in [4.69, 9.17) is 4.74 Å². The Kier molecular flexibility index (Phi) is 3.73. The van der Waals surface area contributed by atoms with Crippen LogP contribution in [0.4, 0.5) is 0 Å². The highest BCUT2D eigenvalue weighted by atomic mass is 16.5. The summed E-state index contributed by atoms with van der Waals surface area (Å²) < 4.78 is 7.59. The summed E-state index contributed by atoms with van der Waals surface area (Å²) in [6.07, 6.45) is 5.50. The molecule has 0 N–H and O–H groups in total. The summed E-state index contributed by atoms with van der Waals surface area (Å²) in [5, 5.41) is 4.19. The standard InChI is InChI=1S/C16H15N3O/c1-2-9-17-15(4-1)13-20-16-7-5-14(6-8-16)12-19-11-3-10-18-19/h1-11H,12-13H2. The van der Waals surface area contributed by atoms with E-state index in [0.717, 1.165) is 18.0 Å². The SMILES string of the molecule is c1ccc(COc2ccc(Cn3cccn3)cc2)nc1. The van der Waals surface area contributed by atoms with Gasteiger partial charge in [-0.3, -0.25) is 9.67 Å². The topological polar surface area (TPSA) is 39.9 Å². The molecule has 4 nitrogen and oxygen atoms in total. The number of ether oxygens (including phenoxy) is 1. The minimum absolute atomic E-state index is 0.485. The molecule has 20 heavy (non-hydrogen) atoms. The van der Waals surface area contributed by atoms with Crippen LogP contribution in [0.2, 0.25) is 0 Å². The largest absolute Gasteiger partial charge is 0.487 e. The lowest BCUT2D eigenvalue weighted by Crippen LogP contribution is -2.00. The molecule has 0 radical (unpaired) electrons. The number of hydrogen-bond donors (Lipinski definition) is 0. The Bertz CT molecular complexity index is 633. The van der Waals surface area contributed by atoms with E-state index in [1.165, 1.54) is 5.56 Å². The number of hydrogen-bond acceptors (Lipinski definition) is 3. The summed E-state index contributed by atoms with van der Waals surface area (Å²) in [5.74, 6) is 0.847. The van der Waals surface area contributed by atoms with E-state index in [-0.39, 0.29) is 0 Å². The molecule has 2 aromatic heterocycles. The molecule has 0 spiro atoms. The predicted octanol–water partition coefficient (Wildman–Crippen LogP) is 2.91. The van der Waals surface area contributed by atoms with Gasteiger partial charge in [0.25, 0.3) is 0 Å². The zero-order valence-electron chi connectivity index (χ0n) is 11.0. The fourth-order valence-electron chi connectivity index (χ4n) is 1.91. The van der Waals surface area contributed by atoms with Crippen LogP contribution in [0.1, 0.15) is 11.3 Å². The maximum Gasteiger partial charge on any atom is 0.130 e. The Labute approximate surface area is 117 Å². The maximum absolute atomic E-state index is 5.70. The van der Waals surface area contributed by atoms with Crippen molar-refractivity contribution in [1.82, 2.24) is 14.8 Å².